The monoisotopic (exact) mass is 402 g/mol. The molecular formula is C26H30N2O2. The lowest BCUT2D eigenvalue weighted by atomic mass is 10.0. The number of aromatic nitrogens is 1. The molecule has 3 rings (SSSR count). The topological polar surface area (TPSA) is 51.1 Å². The van der Waals surface area contributed by atoms with Crippen LogP contribution in [0.15, 0.2) is 65.5 Å². The van der Waals surface area contributed by atoms with Gasteiger partial charge in [0.1, 0.15) is 5.56 Å². The summed E-state index contributed by atoms with van der Waals surface area (Å²) in [6.07, 6.45) is 3.28. The molecule has 0 saturated carbocycles. The van der Waals surface area contributed by atoms with Gasteiger partial charge in [-0.05, 0) is 37.0 Å². The Balaban J connectivity index is 2.11. The summed E-state index contributed by atoms with van der Waals surface area (Å²) in [5, 5.41) is 2.96. The van der Waals surface area contributed by atoms with Gasteiger partial charge in [-0.25, -0.2) is 0 Å². The Morgan fingerprint density at radius 1 is 0.933 bits per heavy atom. The van der Waals surface area contributed by atoms with Gasteiger partial charge in [0, 0.05) is 29.7 Å². The summed E-state index contributed by atoms with van der Waals surface area (Å²) < 4.78 is 2.18. The Morgan fingerprint density at radius 2 is 1.60 bits per heavy atom. The first-order chi connectivity index (χ1) is 14.5. The molecule has 0 aliphatic carbocycles. The number of rotatable bonds is 8. The first kappa shape index (κ1) is 21.6. The van der Waals surface area contributed by atoms with Crippen LogP contribution in [0.4, 0.5) is 5.69 Å². The zero-order valence-electron chi connectivity index (χ0n) is 18.1. The zero-order chi connectivity index (χ0) is 21.5. The SMILES string of the molecule is CCCc1cc(=O)c(C(=O)Nc2ccccc2C)c(CCC)n1Cc1ccccc1. The van der Waals surface area contributed by atoms with Crippen LogP contribution in [0.2, 0.25) is 0 Å². The number of nitrogens with zero attached hydrogens (tertiary/aromatic N) is 1. The molecule has 4 nitrogen and oxygen atoms in total. The summed E-state index contributed by atoms with van der Waals surface area (Å²) in [5.74, 6) is -0.331. The van der Waals surface area contributed by atoms with Gasteiger partial charge in [0.15, 0.2) is 5.43 Å². The summed E-state index contributed by atoms with van der Waals surface area (Å²) in [4.78, 5) is 26.3. The number of amides is 1. The van der Waals surface area contributed by atoms with Crippen molar-refractivity contribution in [3.05, 3.63) is 99.0 Å². The van der Waals surface area contributed by atoms with Crippen molar-refractivity contribution < 1.29 is 4.79 Å². The summed E-state index contributed by atoms with van der Waals surface area (Å²) >= 11 is 0. The number of aryl methyl sites for hydroxylation is 2. The molecule has 1 aromatic heterocycles. The number of para-hydroxylation sites is 1. The molecule has 0 aliphatic rings. The van der Waals surface area contributed by atoms with Gasteiger partial charge in [-0.2, -0.15) is 0 Å². The van der Waals surface area contributed by atoms with Crippen molar-refractivity contribution in [1.82, 2.24) is 4.57 Å². The van der Waals surface area contributed by atoms with Crippen molar-refractivity contribution in [3.63, 3.8) is 0 Å². The molecule has 1 amide bonds. The van der Waals surface area contributed by atoms with Gasteiger partial charge >= 0.3 is 0 Å². The van der Waals surface area contributed by atoms with Crippen molar-refractivity contribution in [2.45, 2.75) is 53.0 Å². The van der Waals surface area contributed by atoms with Gasteiger partial charge in [-0.3, -0.25) is 9.59 Å². The highest BCUT2D eigenvalue weighted by molar-refractivity contribution is 6.05. The number of carbonyl (C=O) groups excluding carboxylic acids is 1. The second-order valence-electron chi connectivity index (χ2n) is 7.66. The van der Waals surface area contributed by atoms with Crippen LogP contribution < -0.4 is 10.7 Å². The third kappa shape index (κ3) is 4.88. The highest BCUT2D eigenvalue weighted by Crippen LogP contribution is 2.19. The maximum absolute atomic E-state index is 13.2. The molecule has 0 aliphatic heterocycles. The molecule has 0 spiro atoms. The van der Waals surface area contributed by atoms with Crippen LogP contribution >= 0.6 is 0 Å². The van der Waals surface area contributed by atoms with Crippen LogP contribution in [0.1, 0.15) is 59.6 Å². The standard InChI is InChI=1S/C26H30N2O2/c1-4-11-21-17-24(29)25(26(30)27-22-16-10-9-13-19(22)3)23(12-5-2)28(21)18-20-14-7-6-8-15-20/h6-10,13-17H,4-5,11-12,18H2,1-3H3,(H,27,30). The average Bonchev–Trinajstić information content (AvgIpc) is 2.73. The van der Waals surface area contributed by atoms with E-state index in [2.05, 4.69) is 35.9 Å². The van der Waals surface area contributed by atoms with Crippen LogP contribution in [-0.2, 0) is 19.4 Å². The van der Waals surface area contributed by atoms with E-state index in [-0.39, 0.29) is 16.9 Å². The summed E-state index contributed by atoms with van der Waals surface area (Å²) in [7, 11) is 0. The predicted octanol–water partition coefficient (Wildman–Crippen LogP) is 5.36. The average molecular weight is 403 g/mol. The molecule has 4 heteroatoms. The molecule has 3 aromatic rings. The van der Waals surface area contributed by atoms with E-state index in [1.54, 1.807) is 6.07 Å². The molecule has 156 valence electrons. The molecule has 0 saturated heterocycles. The molecule has 30 heavy (non-hydrogen) atoms. The van der Waals surface area contributed by atoms with E-state index in [1.165, 1.54) is 0 Å². The van der Waals surface area contributed by atoms with Gasteiger partial charge < -0.3 is 9.88 Å². The van der Waals surface area contributed by atoms with Gasteiger partial charge in [-0.15, -0.1) is 0 Å². The number of nitrogens with one attached hydrogen (secondary N) is 1. The quantitative estimate of drug-likeness (QED) is 0.551. The fourth-order valence-electron chi connectivity index (χ4n) is 3.82. The van der Waals surface area contributed by atoms with Crippen molar-refractivity contribution >= 4 is 11.6 Å². The molecule has 1 N–H and O–H groups in total. The molecule has 2 aromatic carbocycles. The lowest BCUT2D eigenvalue weighted by Gasteiger charge is -2.22. The predicted molar refractivity (Wildman–Crippen MR) is 123 cm³/mol. The number of hydrogen-bond donors (Lipinski definition) is 1. The minimum Gasteiger partial charge on any atom is -0.343 e. The van der Waals surface area contributed by atoms with Gasteiger partial charge in [0.05, 0.1) is 0 Å². The summed E-state index contributed by atoms with van der Waals surface area (Å²) in [6, 6.07) is 19.5. The van der Waals surface area contributed by atoms with Crippen molar-refractivity contribution in [3.8, 4) is 0 Å². The van der Waals surface area contributed by atoms with E-state index in [0.717, 1.165) is 47.5 Å². The number of pyridine rings is 1. The zero-order valence-corrected chi connectivity index (χ0v) is 18.1. The maximum atomic E-state index is 13.2. The highest BCUT2D eigenvalue weighted by Gasteiger charge is 2.21. The van der Waals surface area contributed by atoms with Crippen LogP contribution in [0.5, 0.6) is 0 Å². The lowest BCUT2D eigenvalue weighted by molar-refractivity contribution is 0.102. The van der Waals surface area contributed by atoms with Crippen LogP contribution in [0, 0.1) is 6.92 Å². The first-order valence-electron chi connectivity index (χ1n) is 10.7. The van der Waals surface area contributed by atoms with E-state index < -0.39 is 0 Å². The Labute approximate surface area is 178 Å². The minimum absolute atomic E-state index is 0.197. The van der Waals surface area contributed by atoms with Gasteiger partial charge in [0.25, 0.3) is 5.91 Å². The summed E-state index contributed by atoms with van der Waals surface area (Å²) in [6.45, 7) is 6.78. The molecule has 0 unspecified atom stereocenters. The Morgan fingerprint density at radius 3 is 2.27 bits per heavy atom. The lowest BCUT2D eigenvalue weighted by Crippen LogP contribution is -2.29. The van der Waals surface area contributed by atoms with Crippen molar-refractivity contribution in [2.75, 3.05) is 5.32 Å². The van der Waals surface area contributed by atoms with Crippen molar-refractivity contribution in [1.29, 1.82) is 0 Å². The molecule has 1 heterocycles. The number of carbonyl (C=O) groups is 1. The summed E-state index contributed by atoms with van der Waals surface area (Å²) in [5.41, 5.74) is 4.73. The van der Waals surface area contributed by atoms with E-state index in [9.17, 15) is 9.59 Å². The van der Waals surface area contributed by atoms with Gasteiger partial charge in [0.2, 0.25) is 0 Å². The fourth-order valence-corrected chi connectivity index (χ4v) is 3.82. The fraction of sp³-hybridized carbons (Fsp3) is 0.308. The van der Waals surface area contributed by atoms with Crippen molar-refractivity contribution in [2.24, 2.45) is 0 Å². The Kier molecular flexibility index (Phi) is 7.23. The first-order valence-corrected chi connectivity index (χ1v) is 10.7. The van der Waals surface area contributed by atoms with E-state index in [0.29, 0.717) is 13.0 Å². The number of benzene rings is 2. The largest absolute Gasteiger partial charge is 0.343 e. The van der Waals surface area contributed by atoms with Crippen LogP contribution in [-0.4, -0.2) is 10.5 Å². The molecule has 0 radical (unpaired) electrons. The Bertz CT molecular complexity index is 1070. The third-order valence-corrected chi connectivity index (χ3v) is 5.30. The molecule has 0 bridgehead atoms. The van der Waals surface area contributed by atoms with E-state index in [4.69, 9.17) is 0 Å². The second-order valence-corrected chi connectivity index (χ2v) is 7.66. The molecule has 0 atom stereocenters. The maximum Gasteiger partial charge on any atom is 0.261 e. The van der Waals surface area contributed by atoms with E-state index in [1.807, 2.05) is 49.4 Å². The van der Waals surface area contributed by atoms with Crippen LogP contribution in [0.25, 0.3) is 0 Å². The second kappa shape index (κ2) is 10.1. The van der Waals surface area contributed by atoms with E-state index >= 15 is 0 Å². The molecule has 0 fully saturated rings. The Hall–Kier alpha value is -3.14. The molecular weight excluding hydrogens is 372 g/mol. The smallest absolute Gasteiger partial charge is 0.261 e. The van der Waals surface area contributed by atoms with Crippen LogP contribution in [0.3, 0.4) is 0 Å². The highest BCUT2D eigenvalue weighted by atomic mass is 16.2. The normalized spacial score (nSPS) is 10.8. The number of anilines is 1. The van der Waals surface area contributed by atoms with Gasteiger partial charge in [-0.1, -0.05) is 75.2 Å². The number of hydrogen-bond acceptors (Lipinski definition) is 2. The third-order valence-electron chi connectivity index (χ3n) is 5.30. The minimum atomic E-state index is -0.331.